The SMILES string of the molecule is N#CC1(c2cncnc2)CC1. The van der Waals surface area contributed by atoms with Crippen LogP contribution >= 0.6 is 0 Å². The Balaban J connectivity index is 2.39. The highest BCUT2D eigenvalue weighted by molar-refractivity contribution is 5.35. The molecule has 0 saturated heterocycles. The molecule has 0 N–H and O–H groups in total. The summed E-state index contributed by atoms with van der Waals surface area (Å²) in [5.74, 6) is 0. The van der Waals surface area contributed by atoms with Gasteiger partial charge in [-0.3, -0.25) is 0 Å². The summed E-state index contributed by atoms with van der Waals surface area (Å²) < 4.78 is 0. The first-order chi connectivity index (χ1) is 5.37. The number of nitriles is 1. The highest BCUT2D eigenvalue weighted by Crippen LogP contribution is 2.46. The van der Waals surface area contributed by atoms with Crippen molar-refractivity contribution in [2.24, 2.45) is 0 Å². The first-order valence-electron chi connectivity index (χ1n) is 3.54. The number of nitrogens with zero attached hydrogens (tertiary/aromatic N) is 3. The Labute approximate surface area is 64.7 Å². The van der Waals surface area contributed by atoms with Crippen LogP contribution in [0.25, 0.3) is 0 Å². The van der Waals surface area contributed by atoms with Crippen LogP contribution in [0.15, 0.2) is 18.7 Å². The van der Waals surface area contributed by atoms with Crippen LogP contribution in [-0.4, -0.2) is 9.97 Å². The van der Waals surface area contributed by atoms with Crippen molar-refractivity contribution < 1.29 is 0 Å². The molecule has 0 aromatic carbocycles. The number of aromatic nitrogens is 2. The van der Waals surface area contributed by atoms with Gasteiger partial charge in [-0.05, 0) is 12.8 Å². The van der Waals surface area contributed by atoms with Crippen LogP contribution in [0.2, 0.25) is 0 Å². The van der Waals surface area contributed by atoms with E-state index in [-0.39, 0.29) is 5.41 Å². The zero-order valence-electron chi connectivity index (χ0n) is 5.99. The third-order valence-electron chi connectivity index (χ3n) is 2.08. The van der Waals surface area contributed by atoms with E-state index >= 15 is 0 Å². The van der Waals surface area contributed by atoms with Crippen molar-refractivity contribution in [3.8, 4) is 6.07 Å². The molecule has 0 atom stereocenters. The van der Waals surface area contributed by atoms with Crippen LogP contribution in [0.1, 0.15) is 18.4 Å². The van der Waals surface area contributed by atoms with Crippen LogP contribution in [0, 0.1) is 11.3 Å². The lowest BCUT2D eigenvalue weighted by atomic mass is 10.0. The first-order valence-corrected chi connectivity index (χ1v) is 3.54. The summed E-state index contributed by atoms with van der Waals surface area (Å²) >= 11 is 0. The van der Waals surface area contributed by atoms with Crippen molar-refractivity contribution in [1.29, 1.82) is 5.26 Å². The second-order valence-corrected chi connectivity index (χ2v) is 2.82. The van der Waals surface area contributed by atoms with Crippen molar-refractivity contribution in [3.63, 3.8) is 0 Å². The highest BCUT2D eigenvalue weighted by Gasteiger charge is 2.45. The summed E-state index contributed by atoms with van der Waals surface area (Å²) in [4.78, 5) is 7.75. The topological polar surface area (TPSA) is 49.6 Å². The molecule has 1 saturated carbocycles. The molecule has 3 heteroatoms. The third kappa shape index (κ3) is 0.874. The third-order valence-corrected chi connectivity index (χ3v) is 2.08. The van der Waals surface area contributed by atoms with Gasteiger partial charge < -0.3 is 0 Å². The van der Waals surface area contributed by atoms with Gasteiger partial charge in [0.25, 0.3) is 0 Å². The van der Waals surface area contributed by atoms with E-state index in [0.29, 0.717) is 0 Å². The summed E-state index contributed by atoms with van der Waals surface area (Å²) in [5, 5.41) is 8.80. The Morgan fingerprint density at radius 2 is 2.00 bits per heavy atom. The van der Waals surface area contributed by atoms with E-state index in [1.807, 2.05) is 0 Å². The van der Waals surface area contributed by atoms with Gasteiger partial charge in [-0.25, -0.2) is 9.97 Å². The molecule has 3 nitrogen and oxygen atoms in total. The molecule has 0 aliphatic heterocycles. The zero-order valence-corrected chi connectivity index (χ0v) is 5.99. The largest absolute Gasteiger partial charge is 0.244 e. The van der Waals surface area contributed by atoms with Crippen LogP contribution in [0.5, 0.6) is 0 Å². The van der Waals surface area contributed by atoms with Crippen LogP contribution < -0.4 is 0 Å². The maximum atomic E-state index is 8.80. The van der Waals surface area contributed by atoms with Gasteiger partial charge in [0.15, 0.2) is 0 Å². The van der Waals surface area contributed by atoms with Gasteiger partial charge in [-0.15, -0.1) is 0 Å². The highest BCUT2D eigenvalue weighted by atomic mass is 14.8. The fourth-order valence-electron chi connectivity index (χ4n) is 1.14. The minimum Gasteiger partial charge on any atom is -0.244 e. The summed E-state index contributed by atoms with van der Waals surface area (Å²) in [7, 11) is 0. The number of hydrogen-bond donors (Lipinski definition) is 0. The molecule has 1 aromatic heterocycles. The van der Waals surface area contributed by atoms with E-state index in [4.69, 9.17) is 5.26 Å². The summed E-state index contributed by atoms with van der Waals surface area (Å²) in [6.45, 7) is 0. The van der Waals surface area contributed by atoms with Gasteiger partial charge in [0.2, 0.25) is 0 Å². The lowest BCUT2D eigenvalue weighted by Crippen LogP contribution is -2.02. The molecule has 1 aliphatic carbocycles. The Bertz CT molecular complexity index is 295. The van der Waals surface area contributed by atoms with Crippen molar-refractivity contribution in [2.45, 2.75) is 18.3 Å². The van der Waals surface area contributed by atoms with Crippen LogP contribution in [-0.2, 0) is 5.41 Å². The van der Waals surface area contributed by atoms with E-state index < -0.39 is 0 Å². The summed E-state index contributed by atoms with van der Waals surface area (Å²) in [5.41, 5.74) is 0.726. The van der Waals surface area contributed by atoms with Gasteiger partial charge in [-0.2, -0.15) is 5.26 Å². The monoisotopic (exact) mass is 145 g/mol. The average molecular weight is 145 g/mol. The lowest BCUT2D eigenvalue weighted by molar-refractivity contribution is 0.880. The summed E-state index contributed by atoms with van der Waals surface area (Å²) in [6, 6.07) is 2.29. The van der Waals surface area contributed by atoms with Crippen LogP contribution in [0.3, 0.4) is 0 Å². The Kier molecular flexibility index (Phi) is 1.16. The standard InChI is InChI=1S/C8H7N3/c9-5-8(1-2-8)7-3-10-6-11-4-7/h3-4,6H,1-2H2. The lowest BCUT2D eigenvalue weighted by Gasteiger charge is -2.01. The average Bonchev–Trinajstić information content (AvgIpc) is 2.86. The van der Waals surface area contributed by atoms with Gasteiger partial charge in [0.05, 0.1) is 11.5 Å². The molecular formula is C8H7N3. The van der Waals surface area contributed by atoms with Crippen molar-refractivity contribution in [3.05, 3.63) is 24.3 Å². The molecule has 0 amide bonds. The summed E-state index contributed by atoms with van der Waals surface area (Å²) in [6.07, 6.45) is 6.84. The maximum absolute atomic E-state index is 8.80. The quantitative estimate of drug-likeness (QED) is 0.593. The predicted molar refractivity (Wildman–Crippen MR) is 38.6 cm³/mol. The predicted octanol–water partition coefficient (Wildman–Crippen LogP) is 1.03. The van der Waals surface area contributed by atoms with E-state index in [9.17, 15) is 0 Å². The fourth-order valence-corrected chi connectivity index (χ4v) is 1.14. The second-order valence-electron chi connectivity index (χ2n) is 2.82. The molecule has 54 valence electrons. The zero-order chi connectivity index (χ0) is 7.73. The molecule has 0 unspecified atom stereocenters. The fraction of sp³-hybridized carbons (Fsp3) is 0.375. The second kappa shape index (κ2) is 2.03. The number of hydrogen-bond acceptors (Lipinski definition) is 3. The van der Waals surface area contributed by atoms with E-state index in [2.05, 4.69) is 16.0 Å². The molecule has 1 aliphatic rings. The van der Waals surface area contributed by atoms with Crippen LogP contribution in [0.4, 0.5) is 0 Å². The molecule has 1 fully saturated rings. The molecule has 11 heavy (non-hydrogen) atoms. The minimum atomic E-state index is -0.235. The Morgan fingerprint density at radius 3 is 2.45 bits per heavy atom. The molecule has 1 aromatic rings. The molecule has 2 rings (SSSR count). The molecule has 0 bridgehead atoms. The number of rotatable bonds is 1. The maximum Gasteiger partial charge on any atom is 0.115 e. The Morgan fingerprint density at radius 1 is 1.36 bits per heavy atom. The Hall–Kier alpha value is -1.43. The normalized spacial score (nSPS) is 18.8. The van der Waals surface area contributed by atoms with Gasteiger partial charge in [-0.1, -0.05) is 0 Å². The molecule has 0 spiro atoms. The van der Waals surface area contributed by atoms with Gasteiger partial charge in [0, 0.05) is 18.0 Å². The smallest absolute Gasteiger partial charge is 0.115 e. The van der Waals surface area contributed by atoms with E-state index in [1.54, 1.807) is 12.4 Å². The molecule has 0 radical (unpaired) electrons. The van der Waals surface area contributed by atoms with E-state index in [1.165, 1.54) is 6.33 Å². The van der Waals surface area contributed by atoms with Crippen molar-refractivity contribution >= 4 is 0 Å². The van der Waals surface area contributed by atoms with Crippen molar-refractivity contribution in [2.75, 3.05) is 0 Å². The minimum absolute atomic E-state index is 0.235. The van der Waals surface area contributed by atoms with E-state index in [0.717, 1.165) is 18.4 Å². The first kappa shape index (κ1) is 6.29. The molecular weight excluding hydrogens is 138 g/mol. The van der Waals surface area contributed by atoms with Crippen molar-refractivity contribution in [1.82, 2.24) is 9.97 Å². The molecule has 1 heterocycles. The van der Waals surface area contributed by atoms with Gasteiger partial charge >= 0.3 is 0 Å². The van der Waals surface area contributed by atoms with Gasteiger partial charge in [0.1, 0.15) is 6.33 Å².